The van der Waals surface area contributed by atoms with E-state index < -0.39 is 5.51 Å². The molecule has 1 aromatic carbocycles. The zero-order chi connectivity index (χ0) is 14.3. The standard InChI is InChI=1S/C14H20F3NS/c1-3-11(4-2)9-18-10-12-5-7-13(8-6-12)19-14(15,16)17/h5-8,11,18H,3-4,9-10H2,1-2H3. The van der Waals surface area contributed by atoms with Gasteiger partial charge in [0.25, 0.3) is 0 Å². The van der Waals surface area contributed by atoms with E-state index >= 15 is 0 Å². The molecule has 1 N–H and O–H groups in total. The molecule has 0 heterocycles. The zero-order valence-corrected chi connectivity index (χ0v) is 12.1. The lowest BCUT2D eigenvalue weighted by molar-refractivity contribution is -0.0328. The van der Waals surface area contributed by atoms with Crippen LogP contribution in [-0.4, -0.2) is 12.1 Å². The van der Waals surface area contributed by atoms with Crippen LogP contribution in [0.3, 0.4) is 0 Å². The third-order valence-corrected chi connectivity index (χ3v) is 3.81. The molecule has 19 heavy (non-hydrogen) atoms. The van der Waals surface area contributed by atoms with Gasteiger partial charge in [0.1, 0.15) is 0 Å². The Balaban J connectivity index is 2.40. The summed E-state index contributed by atoms with van der Waals surface area (Å²) in [5, 5.41) is 3.34. The smallest absolute Gasteiger partial charge is 0.312 e. The van der Waals surface area contributed by atoms with E-state index in [1.54, 1.807) is 12.1 Å². The van der Waals surface area contributed by atoms with Gasteiger partial charge in [-0.1, -0.05) is 38.8 Å². The summed E-state index contributed by atoms with van der Waals surface area (Å²) in [6.45, 7) is 5.98. The topological polar surface area (TPSA) is 12.0 Å². The number of halogens is 3. The zero-order valence-electron chi connectivity index (χ0n) is 11.3. The Labute approximate surface area is 117 Å². The van der Waals surface area contributed by atoms with E-state index in [9.17, 15) is 13.2 Å². The second kappa shape index (κ2) is 7.80. The van der Waals surface area contributed by atoms with Crippen molar-refractivity contribution in [1.82, 2.24) is 5.32 Å². The van der Waals surface area contributed by atoms with Crippen molar-refractivity contribution < 1.29 is 13.2 Å². The Kier molecular flexibility index (Phi) is 6.72. The van der Waals surface area contributed by atoms with Crippen LogP contribution in [0.15, 0.2) is 29.2 Å². The number of nitrogens with one attached hydrogen (secondary N) is 1. The van der Waals surface area contributed by atoms with E-state index in [4.69, 9.17) is 0 Å². The van der Waals surface area contributed by atoms with E-state index in [1.165, 1.54) is 12.1 Å². The first-order valence-electron chi connectivity index (χ1n) is 6.50. The summed E-state index contributed by atoms with van der Waals surface area (Å²) in [6, 6.07) is 6.53. The van der Waals surface area contributed by atoms with Gasteiger partial charge in [-0.15, -0.1) is 0 Å². The van der Waals surface area contributed by atoms with Crippen LogP contribution in [0, 0.1) is 5.92 Å². The van der Waals surface area contributed by atoms with E-state index in [2.05, 4.69) is 19.2 Å². The van der Waals surface area contributed by atoms with Crippen molar-refractivity contribution in [1.29, 1.82) is 0 Å². The Bertz CT molecular complexity index is 358. The van der Waals surface area contributed by atoms with E-state index in [1.807, 2.05) is 0 Å². The third-order valence-electron chi connectivity index (χ3n) is 3.07. The molecular formula is C14H20F3NS. The van der Waals surface area contributed by atoms with Gasteiger partial charge >= 0.3 is 5.51 Å². The third kappa shape index (κ3) is 6.87. The maximum absolute atomic E-state index is 12.2. The number of alkyl halides is 3. The molecule has 0 saturated heterocycles. The van der Waals surface area contributed by atoms with Crippen LogP contribution in [-0.2, 0) is 6.54 Å². The molecule has 0 radical (unpaired) electrons. The molecule has 0 atom stereocenters. The van der Waals surface area contributed by atoms with Crippen molar-refractivity contribution in [2.24, 2.45) is 5.92 Å². The first kappa shape index (κ1) is 16.4. The molecule has 0 bridgehead atoms. The molecule has 0 aromatic heterocycles. The second-order valence-corrected chi connectivity index (χ2v) is 5.64. The number of benzene rings is 1. The van der Waals surface area contributed by atoms with Gasteiger partial charge in [0, 0.05) is 11.4 Å². The fraction of sp³-hybridized carbons (Fsp3) is 0.571. The maximum Gasteiger partial charge on any atom is 0.446 e. The Morgan fingerprint density at radius 1 is 1.11 bits per heavy atom. The van der Waals surface area contributed by atoms with Crippen LogP contribution in [0.5, 0.6) is 0 Å². The van der Waals surface area contributed by atoms with Crippen molar-refractivity contribution in [3.8, 4) is 0 Å². The van der Waals surface area contributed by atoms with Crippen LogP contribution < -0.4 is 5.32 Å². The minimum absolute atomic E-state index is 0.0750. The molecule has 1 aromatic rings. The van der Waals surface area contributed by atoms with Gasteiger partial charge in [-0.3, -0.25) is 0 Å². The van der Waals surface area contributed by atoms with Crippen molar-refractivity contribution in [3.05, 3.63) is 29.8 Å². The highest BCUT2D eigenvalue weighted by atomic mass is 32.2. The molecule has 0 aliphatic rings. The summed E-state index contributed by atoms with van der Waals surface area (Å²) < 4.78 is 36.5. The number of hydrogen-bond acceptors (Lipinski definition) is 2. The summed E-state index contributed by atoms with van der Waals surface area (Å²) in [7, 11) is 0. The predicted octanol–water partition coefficient (Wildman–Crippen LogP) is 4.82. The molecule has 0 aliphatic heterocycles. The molecule has 0 fully saturated rings. The first-order chi connectivity index (χ1) is 8.94. The molecule has 1 nitrogen and oxygen atoms in total. The van der Waals surface area contributed by atoms with Gasteiger partial charge in [-0.2, -0.15) is 13.2 Å². The highest BCUT2D eigenvalue weighted by Crippen LogP contribution is 2.36. The van der Waals surface area contributed by atoms with Crippen molar-refractivity contribution in [2.45, 2.75) is 43.6 Å². The lowest BCUT2D eigenvalue weighted by atomic mass is 10.0. The quantitative estimate of drug-likeness (QED) is 0.722. The van der Waals surface area contributed by atoms with Crippen LogP contribution in [0.2, 0.25) is 0 Å². The highest BCUT2D eigenvalue weighted by molar-refractivity contribution is 8.00. The van der Waals surface area contributed by atoms with Gasteiger partial charge in [0.05, 0.1) is 0 Å². The first-order valence-corrected chi connectivity index (χ1v) is 7.31. The van der Waals surface area contributed by atoms with E-state index in [0.717, 1.165) is 24.9 Å². The van der Waals surface area contributed by atoms with Crippen LogP contribution in [0.25, 0.3) is 0 Å². The maximum atomic E-state index is 12.2. The fourth-order valence-corrected chi connectivity index (χ4v) is 2.35. The lowest BCUT2D eigenvalue weighted by Crippen LogP contribution is -2.21. The van der Waals surface area contributed by atoms with Crippen LogP contribution in [0.4, 0.5) is 13.2 Å². The molecular weight excluding hydrogens is 271 g/mol. The predicted molar refractivity (Wildman–Crippen MR) is 74.1 cm³/mol. The normalized spacial score (nSPS) is 12.1. The second-order valence-electron chi connectivity index (χ2n) is 4.51. The van der Waals surface area contributed by atoms with E-state index in [0.29, 0.717) is 12.5 Å². The summed E-state index contributed by atoms with van der Waals surface area (Å²) >= 11 is -0.0750. The molecule has 0 unspecified atom stereocenters. The summed E-state index contributed by atoms with van der Waals surface area (Å²) in [6.07, 6.45) is 2.29. The minimum atomic E-state index is -4.21. The van der Waals surface area contributed by atoms with Gasteiger partial charge in [0.15, 0.2) is 0 Å². The van der Waals surface area contributed by atoms with Crippen LogP contribution in [0.1, 0.15) is 32.3 Å². The summed E-state index contributed by atoms with van der Waals surface area (Å²) in [4.78, 5) is 0.233. The molecule has 0 aliphatic carbocycles. The average Bonchev–Trinajstić information content (AvgIpc) is 2.35. The van der Waals surface area contributed by atoms with Crippen LogP contribution >= 0.6 is 11.8 Å². The molecule has 0 saturated carbocycles. The average molecular weight is 291 g/mol. The fourth-order valence-electron chi connectivity index (χ4n) is 1.81. The molecule has 1 rings (SSSR count). The number of rotatable bonds is 7. The summed E-state index contributed by atoms with van der Waals surface area (Å²) in [5.41, 5.74) is -3.20. The van der Waals surface area contributed by atoms with Crippen molar-refractivity contribution >= 4 is 11.8 Å². The number of thioether (sulfide) groups is 1. The highest BCUT2D eigenvalue weighted by Gasteiger charge is 2.28. The SMILES string of the molecule is CCC(CC)CNCc1ccc(SC(F)(F)F)cc1. The Hall–Kier alpha value is -0.680. The molecule has 5 heteroatoms. The van der Waals surface area contributed by atoms with Gasteiger partial charge < -0.3 is 5.32 Å². The molecule has 0 amide bonds. The van der Waals surface area contributed by atoms with Gasteiger partial charge in [-0.25, -0.2) is 0 Å². The molecule has 0 spiro atoms. The Morgan fingerprint density at radius 2 is 1.68 bits per heavy atom. The monoisotopic (exact) mass is 291 g/mol. The minimum Gasteiger partial charge on any atom is -0.312 e. The Morgan fingerprint density at radius 3 is 2.16 bits per heavy atom. The summed E-state index contributed by atoms with van der Waals surface area (Å²) in [5.74, 6) is 0.667. The van der Waals surface area contributed by atoms with Crippen molar-refractivity contribution in [2.75, 3.05) is 6.54 Å². The number of hydrogen-bond donors (Lipinski definition) is 1. The van der Waals surface area contributed by atoms with Gasteiger partial charge in [-0.05, 0) is 41.9 Å². The largest absolute Gasteiger partial charge is 0.446 e. The van der Waals surface area contributed by atoms with E-state index in [-0.39, 0.29) is 16.7 Å². The molecule has 108 valence electrons. The lowest BCUT2D eigenvalue weighted by Gasteiger charge is -2.13. The van der Waals surface area contributed by atoms with Gasteiger partial charge in [0.2, 0.25) is 0 Å². The van der Waals surface area contributed by atoms with Crippen molar-refractivity contribution in [3.63, 3.8) is 0 Å².